The summed E-state index contributed by atoms with van der Waals surface area (Å²) < 4.78 is 16.2. The molecule has 33 heavy (non-hydrogen) atoms. The van der Waals surface area contributed by atoms with Gasteiger partial charge in [0.05, 0.1) is 7.11 Å². The molecule has 2 aliphatic rings. The van der Waals surface area contributed by atoms with Gasteiger partial charge in [0.25, 0.3) is 0 Å². The number of amides is 1. The molecule has 1 aliphatic heterocycles. The predicted molar refractivity (Wildman–Crippen MR) is 134 cm³/mol. The van der Waals surface area contributed by atoms with E-state index in [2.05, 4.69) is 10.7 Å². The van der Waals surface area contributed by atoms with Gasteiger partial charge in [-0.1, -0.05) is 68.9 Å². The van der Waals surface area contributed by atoms with Crippen molar-refractivity contribution in [2.24, 2.45) is 5.73 Å². The smallest absolute Gasteiger partial charge is 0.204 e. The molecule has 1 aliphatic carbocycles. The van der Waals surface area contributed by atoms with E-state index >= 15 is 0 Å². The van der Waals surface area contributed by atoms with E-state index in [1.165, 1.54) is 51.4 Å². The molecule has 2 fully saturated rings. The molecule has 2 heterocycles. The van der Waals surface area contributed by atoms with Crippen molar-refractivity contribution in [2.45, 2.75) is 58.0 Å². The fourth-order valence-corrected chi connectivity index (χ4v) is 3.64. The maximum atomic E-state index is 8.58. The molecular weight excluding hydrogens is 416 g/mol. The number of aromatic nitrogens is 1. The van der Waals surface area contributed by atoms with Gasteiger partial charge in [0.1, 0.15) is 6.61 Å². The van der Waals surface area contributed by atoms with Crippen LogP contribution in [-0.4, -0.2) is 31.7 Å². The SMILES string of the molecule is C1CCCCC1.C1CCOC1.COc1cc2cc[nH]c2cc1OCc1ccccc1.NC=O. The van der Waals surface area contributed by atoms with Crippen LogP contribution in [0, 0.1) is 0 Å². The Bertz CT molecular complexity index is 868. The van der Waals surface area contributed by atoms with E-state index in [0.717, 1.165) is 41.2 Å². The Labute approximate surface area is 197 Å². The van der Waals surface area contributed by atoms with E-state index < -0.39 is 0 Å². The van der Waals surface area contributed by atoms with Gasteiger partial charge in [-0.15, -0.1) is 0 Å². The van der Waals surface area contributed by atoms with Gasteiger partial charge in [-0.2, -0.15) is 0 Å². The number of hydrogen-bond donors (Lipinski definition) is 2. The van der Waals surface area contributed by atoms with E-state index in [1.807, 2.05) is 54.7 Å². The number of methoxy groups -OCH3 is 1. The first-order chi connectivity index (χ1) is 16.3. The van der Waals surface area contributed by atoms with Crippen molar-refractivity contribution in [2.75, 3.05) is 20.3 Å². The fourth-order valence-electron chi connectivity index (χ4n) is 3.64. The van der Waals surface area contributed by atoms with Crippen LogP contribution in [0.3, 0.4) is 0 Å². The average Bonchev–Trinajstić information content (AvgIpc) is 3.60. The Balaban J connectivity index is 0.000000223. The number of fused-ring (bicyclic) bond motifs is 1. The Morgan fingerprint density at radius 2 is 1.52 bits per heavy atom. The third-order valence-electron chi connectivity index (χ3n) is 5.40. The van der Waals surface area contributed by atoms with Crippen molar-refractivity contribution in [1.29, 1.82) is 0 Å². The summed E-state index contributed by atoms with van der Waals surface area (Å²) in [6.07, 6.45) is 13.7. The zero-order valence-electron chi connectivity index (χ0n) is 19.8. The lowest BCUT2D eigenvalue weighted by Gasteiger charge is -2.11. The summed E-state index contributed by atoms with van der Waals surface area (Å²) >= 11 is 0. The zero-order valence-corrected chi connectivity index (χ0v) is 19.8. The summed E-state index contributed by atoms with van der Waals surface area (Å²) in [4.78, 5) is 11.8. The van der Waals surface area contributed by atoms with Crippen molar-refractivity contribution < 1.29 is 19.0 Å². The van der Waals surface area contributed by atoms with Crippen LogP contribution in [-0.2, 0) is 16.1 Å². The second-order valence-electron chi connectivity index (χ2n) is 7.92. The van der Waals surface area contributed by atoms with Crippen LogP contribution in [0.25, 0.3) is 10.9 Å². The second-order valence-corrected chi connectivity index (χ2v) is 7.92. The molecule has 3 N–H and O–H groups in total. The maximum absolute atomic E-state index is 8.58. The minimum Gasteiger partial charge on any atom is -0.493 e. The Kier molecular flexibility index (Phi) is 13.2. The number of nitrogens with one attached hydrogen (secondary N) is 1. The summed E-state index contributed by atoms with van der Waals surface area (Å²) in [6, 6.07) is 16.0. The molecule has 0 radical (unpaired) electrons. The normalized spacial score (nSPS) is 14.5. The number of nitrogens with two attached hydrogens (primary N) is 1. The number of aromatic amines is 1. The molecular formula is C27H38N2O4. The summed E-state index contributed by atoms with van der Waals surface area (Å²) in [5, 5.41) is 1.11. The van der Waals surface area contributed by atoms with Crippen LogP contribution >= 0.6 is 0 Å². The van der Waals surface area contributed by atoms with Gasteiger partial charge >= 0.3 is 0 Å². The molecule has 3 aromatic rings. The van der Waals surface area contributed by atoms with Gasteiger partial charge in [0.2, 0.25) is 6.41 Å². The molecule has 180 valence electrons. The number of rotatable bonds is 4. The molecule has 1 amide bonds. The van der Waals surface area contributed by atoms with Crippen LogP contribution in [0.4, 0.5) is 0 Å². The van der Waals surface area contributed by atoms with Crippen molar-refractivity contribution in [1.82, 2.24) is 4.98 Å². The molecule has 6 nitrogen and oxygen atoms in total. The number of H-pyrrole nitrogens is 1. The molecule has 6 heteroatoms. The van der Waals surface area contributed by atoms with Gasteiger partial charge in [0.15, 0.2) is 11.5 Å². The van der Waals surface area contributed by atoms with Gasteiger partial charge in [-0.05, 0) is 30.5 Å². The maximum Gasteiger partial charge on any atom is 0.204 e. The summed E-state index contributed by atoms with van der Waals surface area (Å²) in [5.74, 6) is 1.50. The summed E-state index contributed by atoms with van der Waals surface area (Å²) in [5.41, 5.74) is 6.35. The molecule has 0 bridgehead atoms. The van der Waals surface area contributed by atoms with Crippen molar-refractivity contribution in [3.8, 4) is 11.5 Å². The molecule has 5 rings (SSSR count). The van der Waals surface area contributed by atoms with E-state index in [9.17, 15) is 0 Å². The van der Waals surface area contributed by atoms with Gasteiger partial charge < -0.3 is 24.9 Å². The van der Waals surface area contributed by atoms with Crippen LogP contribution in [0.15, 0.2) is 54.7 Å². The standard InChI is InChI=1S/C16H15NO2.C6H12.C4H8O.CH3NO/c1-18-15-9-13-7-8-17-14(13)10-16(15)19-11-12-5-3-2-4-6-12;1-2-4-6-5-3-1;1-2-4-5-3-1;2-1-3/h2-10,17H,11H2,1H3;1-6H2;1-4H2;1H,(H2,2,3). The van der Waals surface area contributed by atoms with Crippen molar-refractivity contribution in [3.63, 3.8) is 0 Å². The minimum absolute atomic E-state index is 0.250. The lowest BCUT2D eigenvalue weighted by molar-refractivity contribution is -0.106. The molecule has 0 atom stereocenters. The van der Waals surface area contributed by atoms with Gasteiger partial charge in [-0.25, -0.2) is 0 Å². The molecule has 2 aromatic carbocycles. The van der Waals surface area contributed by atoms with Crippen LogP contribution in [0.1, 0.15) is 56.9 Å². The highest BCUT2D eigenvalue weighted by Gasteiger charge is 2.07. The highest BCUT2D eigenvalue weighted by molar-refractivity contribution is 5.83. The molecule has 0 spiro atoms. The molecule has 1 aromatic heterocycles. The van der Waals surface area contributed by atoms with Crippen LogP contribution in [0.5, 0.6) is 11.5 Å². The second kappa shape index (κ2) is 16.6. The molecule has 1 saturated carbocycles. The van der Waals surface area contributed by atoms with Crippen molar-refractivity contribution in [3.05, 3.63) is 60.3 Å². The predicted octanol–water partition coefficient (Wildman–Crippen LogP) is 5.99. The molecule has 1 saturated heterocycles. The number of carbonyl (C=O) groups excluding carboxylic acids is 1. The Morgan fingerprint density at radius 1 is 0.909 bits per heavy atom. The quantitative estimate of drug-likeness (QED) is 0.474. The number of carbonyl (C=O) groups is 1. The first kappa shape index (κ1) is 26.3. The number of benzene rings is 2. The Hall–Kier alpha value is -2.99. The van der Waals surface area contributed by atoms with Crippen molar-refractivity contribution >= 4 is 17.3 Å². The highest BCUT2D eigenvalue weighted by Crippen LogP contribution is 2.32. The largest absolute Gasteiger partial charge is 0.493 e. The minimum atomic E-state index is 0.250. The number of hydrogen-bond acceptors (Lipinski definition) is 4. The lowest BCUT2D eigenvalue weighted by atomic mass is 10.0. The van der Waals surface area contributed by atoms with Gasteiger partial charge in [0, 0.05) is 36.4 Å². The van der Waals surface area contributed by atoms with Crippen LogP contribution in [0.2, 0.25) is 0 Å². The Morgan fingerprint density at radius 3 is 2.03 bits per heavy atom. The number of primary amides is 1. The topological polar surface area (TPSA) is 86.6 Å². The third-order valence-corrected chi connectivity index (χ3v) is 5.40. The first-order valence-electron chi connectivity index (χ1n) is 11.8. The fraction of sp³-hybridized carbons (Fsp3) is 0.444. The lowest BCUT2D eigenvalue weighted by Crippen LogP contribution is -1.97. The summed E-state index contributed by atoms with van der Waals surface area (Å²) in [6.45, 7) is 2.53. The highest BCUT2D eigenvalue weighted by atomic mass is 16.5. The van der Waals surface area contributed by atoms with E-state index in [-0.39, 0.29) is 6.41 Å². The first-order valence-corrected chi connectivity index (χ1v) is 11.8. The summed E-state index contributed by atoms with van der Waals surface area (Å²) in [7, 11) is 1.66. The third kappa shape index (κ3) is 10.4. The number of ether oxygens (including phenoxy) is 3. The zero-order chi connectivity index (χ0) is 23.6. The monoisotopic (exact) mass is 454 g/mol. The van der Waals surface area contributed by atoms with Gasteiger partial charge in [-0.3, -0.25) is 4.79 Å². The van der Waals surface area contributed by atoms with E-state index in [4.69, 9.17) is 19.0 Å². The average molecular weight is 455 g/mol. The van der Waals surface area contributed by atoms with Crippen LogP contribution < -0.4 is 15.2 Å². The molecule has 0 unspecified atom stereocenters. The van der Waals surface area contributed by atoms with E-state index in [1.54, 1.807) is 7.11 Å². The van der Waals surface area contributed by atoms with E-state index in [0.29, 0.717) is 6.61 Å².